The number of amides is 1. The first-order valence-corrected chi connectivity index (χ1v) is 11.8. The maximum Gasteiger partial charge on any atom is 0.246 e. The van der Waals surface area contributed by atoms with Gasteiger partial charge in [-0.3, -0.25) is 9.69 Å². The summed E-state index contributed by atoms with van der Waals surface area (Å²) in [6.45, 7) is 0.468. The minimum absolute atomic E-state index is 0.0244. The molecule has 32 heavy (non-hydrogen) atoms. The third kappa shape index (κ3) is 4.40. The average Bonchev–Trinajstić information content (AvgIpc) is 3.17. The molecule has 0 spiro atoms. The van der Waals surface area contributed by atoms with Gasteiger partial charge >= 0.3 is 0 Å². The van der Waals surface area contributed by atoms with Crippen molar-refractivity contribution in [1.82, 2.24) is 4.90 Å². The van der Waals surface area contributed by atoms with E-state index in [2.05, 4.69) is 32.2 Å². The Morgan fingerprint density at radius 1 is 0.938 bits per heavy atom. The van der Waals surface area contributed by atoms with Gasteiger partial charge in [0.1, 0.15) is 5.58 Å². The summed E-state index contributed by atoms with van der Waals surface area (Å²) in [5.41, 5.74) is 3.98. The normalized spacial score (nSPS) is 15.8. The van der Waals surface area contributed by atoms with Crippen LogP contribution in [0.4, 0.5) is 0 Å². The Morgan fingerprint density at radius 3 is 2.50 bits per heavy atom. The lowest BCUT2D eigenvalue weighted by Gasteiger charge is -2.14. The van der Waals surface area contributed by atoms with Gasteiger partial charge in [0, 0.05) is 15.4 Å². The van der Waals surface area contributed by atoms with Crippen molar-refractivity contribution in [2.24, 2.45) is 10.2 Å². The fraction of sp³-hybridized carbons (Fsp3) is 0.0800. The van der Waals surface area contributed by atoms with Crippen molar-refractivity contribution in [2.45, 2.75) is 6.54 Å². The van der Waals surface area contributed by atoms with Gasteiger partial charge in [-0.25, -0.2) is 0 Å². The van der Waals surface area contributed by atoms with E-state index in [4.69, 9.17) is 4.42 Å². The number of halogens is 1. The highest BCUT2D eigenvalue weighted by Gasteiger charge is 2.28. The summed E-state index contributed by atoms with van der Waals surface area (Å²) < 4.78 is 7.12. The van der Waals surface area contributed by atoms with Crippen molar-refractivity contribution >= 4 is 49.7 Å². The number of para-hydroxylation sites is 1. The zero-order chi connectivity index (χ0) is 21.9. The molecular formula is C25H18BrN3O2S. The maximum atomic E-state index is 12.5. The van der Waals surface area contributed by atoms with E-state index in [0.29, 0.717) is 23.0 Å². The molecule has 0 saturated carbocycles. The Hall–Kier alpha value is -3.16. The lowest BCUT2D eigenvalue weighted by molar-refractivity contribution is -0.124. The number of amidine groups is 1. The monoisotopic (exact) mass is 503 g/mol. The van der Waals surface area contributed by atoms with Crippen LogP contribution in [0.25, 0.3) is 22.1 Å². The third-order valence-electron chi connectivity index (χ3n) is 5.08. The highest BCUT2D eigenvalue weighted by atomic mass is 79.9. The van der Waals surface area contributed by atoms with Crippen LogP contribution in [-0.2, 0) is 11.3 Å². The van der Waals surface area contributed by atoms with E-state index in [-0.39, 0.29) is 5.91 Å². The summed E-state index contributed by atoms with van der Waals surface area (Å²) in [5.74, 6) is 0.381. The molecule has 2 heterocycles. The lowest BCUT2D eigenvalue weighted by Crippen LogP contribution is -2.28. The molecule has 1 saturated heterocycles. The second-order valence-electron chi connectivity index (χ2n) is 7.25. The minimum atomic E-state index is 0.0244. The quantitative estimate of drug-likeness (QED) is 0.330. The second-order valence-corrected chi connectivity index (χ2v) is 9.10. The second kappa shape index (κ2) is 9.14. The summed E-state index contributed by atoms with van der Waals surface area (Å²) in [6.07, 6.45) is 0. The first-order valence-electron chi connectivity index (χ1n) is 10.0. The summed E-state index contributed by atoms with van der Waals surface area (Å²) >= 11 is 4.87. The Balaban J connectivity index is 1.59. The van der Waals surface area contributed by atoms with E-state index in [9.17, 15) is 4.79 Å². The molecule has 158 valence electrons. The fourth-order valence-corrected chi connectivity index (χ4v) is 4.55. The molecular weight excluding hydrogens is 486 g/mol. The van der Waals surface area contributed by atoms with Gasteiger partial charge in [0.05, 0.1) is 12.3 Å². The van der Waals surface area contributed by atoms with E-state index >= 15 is 0 Å². The number of rotatable bonds is 4. The van der Waals surface area contributed by atoms with Crippen LogP contribution in [0.15, 0.2) is 104 Å². The number of thioether (sulfide) groups is 1. The van der Waals surface area contributed by atoms with Crippen LogP contribution in [0.2, 0.25) is 0 Å². The molecule has 0 radical (unpaired) electrons. The van der Waals surface area contributed by atoms with Gasteiger partial charge < -0.3 is 4.42 Å². The Labute approximate surface area is 197 Å². The van der Waals surface area contributed by atoms with Gasteiger partial charge in [0.2, 0.25) is 11.5 Å². The third-order valence-corrected chi connectivity index (χ3v) is 6.56. The van der Waals surface area contributed by atoms with Gasteiger partial charge in [-0.1, -0.05) is 88.4 Å². The smallest absolute Gasteiger partial charge is 0.246 e. The molecule has 1 fully saturated rings. The van der Waals surface area contributed by atoms with Gasteiger partial charge in [0.25, 0.3) is 0 Å². The van der Waals surface area contributed by atoms with Crippen molar-refractivity contribution in [3.8, 4) is 11.1 Å². The zero-order valence-electron chi connectivity index (χ0n) is 16.9. The summed E-state index contributed by atoms with van der Waals surface area (Å²) in [6, 6.07) is 27.7. The van der Waals surface area contributed by atoms with Gasteiger partial charge in [-0.2, -0.15) is 0 Å². The molecule has 1 amide bonds. The molecule has 0 N–H and O–H groups in total. The van der Waals surface area contributed by atoms with Crippen LogP contribution in [-0.4, -0.2) is 21.7 Å². The van der Waals surface area contributed by atoms with Gasteiger partial charge in [0.15, 0.2) is 5.17 Å². The van der Waals surface area contributed by atoms with E-state index < -0.39 is 0 Å². The predicted octanol–water partition coefficient (Wildman–Crippen LogP) is 5.81. The lowest BCUT2D eigenvalue weighted by atomic mass is 10.1. The maximum absolute atomic E-state index is 12.5. The molecule has 0 bridgehead atoms. The summed E-state index contributed by atoms with van der Waals surface area (Å²) in [4.78, 5) is 14.1. The van der Waals surface area contributed by atoms with Crippen molar-refractivity contribution < 1.29 is 9.21 Å². The molecule has 7 heteroatoms. The van der Waals surface area contributed by atoms with Crippen molar-refractivity contribution in [3.05, 3.63) is 101 Å². The Bertz CT molecular complexity index is 1380. The topological polar surface area (TPSA) is 58.2 Å². The highest BCUT2D eigenvalue weighted by Crippen LogP contribution is 2.24. The molecule has 5 rings (SSSR count). The van der Waals surface area contributed by atoms with E-state index in [1.165, 1.54) is 11.8 Å². The molecule has 4 aromatic rings. The molecule has 1 aliphatic heterocycles. The molecule has 0 aliphatic carbocycles. The number of fused-ring (bicyclic) bond motifs is 1. The van der Waals surface area contributed by atoms with Gasteiger partial charge in [-0.05, 0) is 35.4 Å². The number of benzene rings is 3. The van der Waals surface area contributed by atoms with Crippen LogP contribution in [0, 0.1) is 0 Å². The van der Waals surface area contributed by atoms with Crippen molar-refractivity contribution in [3.63, 3.8) is 0 Å². The number of carbonyl (C=O) groups is 1. The molecule has 0 atom stereocenters. The molecule has 1 aromatic heterocycles. The number of nitrogens with zero attached hydrogens (tertiary/aromatic N) is 3. The van der Waals surface area contributed by atoms with Crippen molar-refractivity contribution in [1.29, 1.82) is 0 Å². The van der Waals surface area contributed by atoms with Crippen molar-refractivity contribution in [2.75, 3.05) is 5.75 Å². The predicted molar refractivity (Wildman–Crippen MR) is 132 cm³/mol. The van der Waals surface area contributed by atoms with Crippen LogP contribution < -0.4 is 5.55 Å². The molecule has 5 nitrogen and oxygen atoms in total. The number of carbonyl (C=O) groups excluding carboxylic acids is 1. The summed E-state index contributed by atoms with van der Waals surface area (Å²) in [5, 5.41) is 10.4. The van der Waals surface area contributed by atoms with E-state index in [0.717, 1.165) is 32.1 Å². The zero-order valence-corrected chi connectivity index (χ0v) is 19.3. The first-order chi connectivity index (χ1) is 15.7. The fourth-order valence-electron chi connectivity index (χ4n) is 3.46. The van der Waals surface area contributed by atoms with Crippen LogP contribution >= 0.6 is 27.7 Å². The standard InChI is InChI=1S/C25H18BrN3O2S/c26-20-12-10-18(11-13-20)21-14-19-8-4-5-9-22(19)31-24(21)27-28-25-29(23(30)16-32-25)15-17-6-2-1-3-7-17/h1-14H,15-16H2/b27-24+,28-25+. The average molecular weight is 504 g/mol. The largest absolute Gasteiger partial charge is 0.436 e. The minimum Gasteiger partial charge on any atom is -0.436 e. The van der Waals surface area contributed by atoms with Crippen LogP contribution in [0.3, 0.4) is 0 Å². The molecule has 3 aromatic carbocycles. The van der Waals surface area contributed by atoms with Crippen LogP contribution in [0.5, 0.6) is 0 Å². The SMILES string of the molecule is O=C1CS/C(=N/N=c2/oc3ccccc3cc2-c2ccc(Br)cc2)N1Cc1ccccc1. The number of hydrogen-bond acceptors (Lipinski definition) is 5. The van der Waals surface area contributed by atoms with E-state index in [1.54, 1.807) is 4.90 Å². The molecule has 1 aliphatic rings. The first kappa shape index (κ1) is 20.7. The van der Waals surface area contributed by atoms with Crippen LogP contribution in [0.1, 0.15) is 5.56 Å². The van der Waals surface area contributed by atoms with E-state index in [1.807, 2.05) is 78.9 Å². The Morgan fingerprint density at radius 2 is 1.69 bits per heavy atom. The Kier molecular flexibility index (Phi) is 5.92. The summed E-state index contributed by atoms with van der Waals surface area (Å²) in [7, 11) is 0. The highest BCUT2D eigenvalue weighted by molar-refractivity contribution is 9.10. The molecule has 0 unspecified atom stereocenters. The van der Waals surface area contributed by atoms with Gasteiger partial charge in [-0.15, -0.1) is 10.2 Å². The number of hydrogen-bond donors (Lipinski definition) is 0.